The molecule has 0 bridgehead atoms. The van der Waals surface area contributed by atoms with E-state index in [0.29, 0.717) is 11.3 Å². The molecular weight excluding hydrogens is 250 g/mol. The molecule has 0 radical (unpaired) electrons. The maximum atomic E-state index is 13.7. The molecule has 0 aromatic heterocycles. The highest BCUT2D eigenvalue weighted by Crippen LogP contribution is 2.29. The van der Waals surface area contributed by atoms with E-state index < -0.39 is 7.12 Å². The summed E-state index contributed by atoms with van der Waals surface area (Å²) >= 11 is 1.77. The van der Waals surface area contributed by atoms with Gasteiger partial charge in [-0.15, -0.1) is 0 Å². The molecule has 0 unspecified atom stereocenters. The molecule has 2 N–H and O–H groups in total. The summed E-state index contributed by atoms with van der Waals surface area (Å²) in [6.07, 6.45) is 5.29. The number of thioether (sulfide) groups is 1. The van der Waals surface area contributed by atoms with Crippen molar-refractivity contribution in [1.82, 2.24) is 0 Å². The Morgan fingerprint density at radius 3 is 2.61 bits per heavy atom. The summed E-state index contributed by atoms with van der Waals surface area (Å²) in [4.78, 5) is 0. The Kier molecular flexibility index (Phi) is 5.09. The van der Waals surface area contributed by atoms with Crippen LogP contribution in [0.3, 0.4) is 0 Å². The molecule has 1 saturated carbocycles. The zero-order valence-corrected chi connectivity index (χ0v) is 11.1. The van der Waals surface area contributed by atoms with E-state index in [0.717, 1.165) is 11.7 Å². The van der Waals surface area contributed by atoms with Gasteiger partial charge in [-0.3, -0.25) is 0 Å². The van der Waals surface area contributed by atoms with Crippen LogP contribution in [0.2, 0.25) is 0 Å². The van der Waals surface area contributed by atoms with Crippen molar-refractivity contribution in [2.75, 3.05) is 5.75 Å². The first-order chi connectivity index (χ1) is 8.66. The van der Waals surface area contributed by atoms with E-state index in [1.807, 2.05) is 0 Å². The SMILES string of the molecule is OB(O)c1ccc(CSCC2CCCC2)c(F)c1. The van der Waals surface area contributed by atoms with Gasteiger partial charge in [-0.25, -0.2) is 4.39 Å². The van der Waals surface area contributed by atoms with Crippen molar-refractivity contribution in [1.29, 1.82) is 0 Å². The molecule has 0 heterocycles. The topological polar surface area (TPSA) is 40.5 Å². The number of hydrogen-bond acceptors (Lipinski definition) is 3. The average molecular weight is 268 g/mol. The molecule has 0 aliphatic heterocycles. The van der Waals surface area contributed by atoms with Crippen molar-refractivity contribution in [2.45, 2.75) is 31.4 Å². The third-order valence-electron chi connectivity index (χ3n) is 3.46. The van der Waals surface area contributed by atoms with E-state index in [4.69, 9.17) is 10.0 Å². The van der Waals surface area contributed by atoms with Crippen LogP contribution in [0.25, 0.3) is 0 Å². The van der Waals surface area contributed by atoms with Crippen molar-refractivity contribution in [3.05, 3.63) is 29.6 Å². The minimum atomic E-state index is -1.60. The molecule has 2 rings (SSSR count). The van der Waals surface area contributed by atoms with Gasteiger partial charge in [0.1, 0.15) is 5.82 Å². The van der Waals surface area contributed by atoms with E-state index in [-0.39, 0.29) is 11.3 Å². The summed E-state index contributed by atoms with van der Waals surface area (Å²) in [5, 5.41) is 17.9. The largest absolute Gasteiger partial charge is 0.488 e. The molecule has 98 valence electrons. The molecule has 0 atom stereocenters. The van der Waals surface area contributed by atoms with Gasteiger partial charge in [0, 0.05) is 5.75 Å². The Balaban J connectivity index is 1.85. The van der Waals surface area contributed by atoms with Crippen molar-refractivity contribution >= 4 is 24.3 Å². The van der Waals surface area contributed by atoms with Crippen LogP contribution in [0.15, 0.2) is 18.2 Å². The predicted molar refractivity (Wildman–Crippen MR) is 74.3 cm³/mol. The van der Waals surface area contributed by atoms with Crippen LogP contribution in [0.1, 0.15) is 31.2 Å². The molecule has 1 aliphatic rings. The molecule has 0 amide bonds. The second-order valence-electron chi connectivity index (χ2n) is 4.89. The Labute approximate surface area is 112 Å². The van der Waals surface area contributed by atoms with Gasteiger partial charge in [0.25, 0.3) is 0 Å². The normalized spacial score (nSPS) is 16.2. The van der Waals surface area contributed by atoms with Crippen LogP contribution in [0.5, 0.6) is 0 Å². The highest BCUT2D eigenvalue weighted by atomic mass is 32.2. The molecule has 1 aromatic carbocycles. The van der Waals surface area contributed by atoms with Crippen molar-refractivity contribution < 1.29 is 14.4 Å². The zero-order chi connectivity index (χ0) is 13.0. The highest BCUT2D eigenvalue weighted by molar-refractivity contribution is 7.98. The van der Waals surface area contributed by atoms with E-state index in [9.17, 15) is 4.39 Å². The first-order valence-corrected chi connectivity index (χ1v) is 7.54. The van der Waals surface area contributed by atoms with Gasteiger partial charge in [0.2, 0.25) is 0 Å². The van der Waals surface area contributed by atoms with Crippen LogP contribution >= 0.6 is 11.8 Å². The number of benzene rings is 1. The van der Waals surface area contributed by atoms with Gasteiger partial charge < -0.3 is 10.0 Å². The third-order valence-corrected chi connectivity index (χ3v) is 4.68. The van der Waals surface area contributed by atoms with Gasteiger partial charge in [0.05, 0.1) is 0 Å². The van der Waals surface area contributed by atoms with Gasteiger partial charge in [-0.2, -0.15) is 11.8 Å². The van der Waals surface area contributed by atoms with Gasteiger partial charge in [-0.1, -0.05) is 25.0 Å². The van der Waals surface area contributed by atoms with Gasteiger partial charge in [0.15, 0.2) is 0 Å². The number of rotatable bonds is 5. The second-order valence-corrected chi connectivity index (χ2v) is 5.92. The van der Waals surface area contributed by atoms with E-state index in [1.54, 1.807) is 23.9 Å². The summed E-state index contributed by atoms with van der Waals surface area (Å²) in [5.41, 5.74) is 0.847. The fourth-order valence-corrected chi connectivity index (χ4v) is 3.59. The fourth-order valence-electron chi connectivity index (χ4n) is 2.35. The maximum absolute atomic E-state index is 13.7. The second kappa shape index (κ2) is 6.59. The van der Waals surface area contributed by atoms with Gasteiger partial charge >= 0.3 is 7.12 Å². The predicted octanol–water partition coefficient (Wildman–Crippen LogP) is 1.93. The van der Waals surface area contributed by atoms with Crippen LogP contribution < -0.4 is 5.46 Å². The lowest BCUT2D eigenvalue weighted by Gasteiger charge is -2.09. The fraction of sp³-hybridized carbons (Fsp3) is 0.538. The smallest absolute Gasteiger partial charge is 0.423 e. The van der Waals surface area contributed by atoms with E-state index >= 15 is 0 Å². The Hall–Kier alpha value is -0.515. The zero-order valence-electron chi connectivity index (χ0n) is 10.3. The molecule has 5 heteroatoms. The third kappa shape index (κ3) is 3.74. The summed E-state index contributed by atoms with van der Waals surface area (Å²) in [6.45, 7) is 0. The highest BCUT2D eigenvalue weighted by Gasteiger charge is 2.16. The van der Waals surface area contributed by atoms with Crippen molar-refractivity contribution in [2.24, 2.45) is 5.92 Å². The van der Waals surface area contributed by atoms with Gasteiger partial charge in [-0.05, 0) is 41.6 Å². The summed E-state index contributed by atoms with van der Waals surface area (Å²) < 4.78 is 13.7. The van der Waals surface area contributed by atoms with Crippen molar-refractivity contribution in [3.63, 3.8) is 0 Å². The van der Waals surface area contributed by atoms with E-state index in [1.165, 1.54) is 31.7 Å². The monoisotopic (exact) mass is 268 g/mol. The molecule has 1 fully saturated rings. The first-order valence-electron chi connectivity index (χ1n) is 6.39. The lowest BCUT2D eigenvalue weighted by atomic mass is 9.80. The molecule has 0 saturated heterocycles. The number of hydrogen-bond donors (Lipinski definition) is 2. The number of halogens is 1. The average Bonchev–Trinajstić information content (AvgIpc) is 2.84. The van der Waals surface area contributed by atoms with Crippen LogP contribution in [-0.4, -0.2) is 22.9 Å². The maximum Gasteiger partial charge on any atom is 0.488 e. The van der Waals surface area contributed by atoms with Crippen LogP contribution in [-0.2, 0) is 5.75 Å². The lowest BCUT2D eigenvalue weighted by molar-refractivity contribution is 0.425. The molecule has 18 heavy (non-hydrogen) atoms. The minimum absolute atomic E-state index is 0.206. The van der Waals surface area contributed by atoms with Crippen molar-refractivity contribution in [3.8, 4) is 0 Å². The Bertz CT molecular complexity index is 395. The molecule has 1 aliphatic carbocycles. The van der Waals surface area contributed by atoms with Crippen LogP contribution in [0.4, 0.5) is 4.39 Å². The Morgan fingerprint density at radius 2 is 2.00 bits per heavy atom. The Morgan fingerprint density at radius 1 is 1.28 bits per heavy atom. The lowest BCUT2D eigenvalue weighted by Crippen LogP contribution is -2.30. The first kappa shape index (κ1) is 13.9. The standard InChI is InChI=1S/C13H18BFO2S/c15-13-7-12(14(16)17)6-5-11(13)9-18-8-10-3-1-2-4-10/h5-7,10,16-17H,1-4,8-9H2. The minimum Gasteiger partial charge on any atom is -0.423 e. The molecule has 2 nitrogen and oxygen atoms in total. The molecule has 0 spiro atoms. The summed E-state index contributed by atoms with van der Waals surface area (Å²) in [6, 6.07) is 4.42. The summed E-state index contributed by atoms with van der Waals surface area (Å²) in [5.74, 6) is 2.21. The van der Waals surface area contributed by atoms with E-state index in [2.05, 4.69) is 0 Å². The molecular formula is C13H18BFO2S. The quantitative estimate of drug-likeness (QED) is 0.802. The summed E-state index contributed by atoms with van der Waals surface area (Å²) in [7, 11) is -1.60. The molecule has 1 aromatic rings. The van der Waals surface area contributed by atoms with Crippen LogP contribution in [0, 0.1) is 11.7 Å².